The van der Waals surface area contributed by atoms with Gasteiger partial charge >= 0.3 is 0 Å². The van der Waals surface area contributed by atoms with E-state index >= 15 is 0 Å². The molecule has 1 fully saturated rings. The van der Waals surface area contributed by atoms with E-state index in [0.29, 0.717) is 22.3 Å². The van der Waals surface area contributed by atoms with Crippen LogP contribution in [0.2, 0.25) is 10.0 Å². The number of amides is 1. The van der Waals surface area contributed by atoms with Gasteiger partial charge in [-0.25, -0.2) is 0 Å². The Bertz CT molecular complexity index is 519. The van der Waals surface area contributed by atoms with Gasteiger partial charge in [0.25, 0.3) is 5.91 Å². The smallest absolute Gasteiger partial charge is 0.263 e. The fourth-order valence-corrected chi connectivity index (χ4v) is 2.81. The predicted molar refractivity (Wildman–Crippen MR) is 89.9 cm³/mol. The Hall–Kier alpha value is -0.970. The summed E-state index contributed by atoms with van der Waals surface area (Å²) in [6.45, 7) is 5.65. The number of carbonyl (C=O) groups excluding carboxylic acids is 1. The molecule has 0 spiro atoms. The van der Waals surface area contributed by atoms with E-state index in [1.165, 1.54) is 12.8 Å². The lowest BCUT2D eigenvalue weighted by molar-refractivity contribution is -0.136. The minimum Gasteiger partial charge on any atom is -0.481 e. The van der Waals surface area contributed by atoms with Crippen LogP contribution in [0.15, 0.2) is 18.2 Å². The fourth-order valence-electron chi connectivity index (χ4n) is 2.52. The Balaban J connectivity index is 1.83. The van der Waals surface area contributed by atoms with Crippen LogP contribution in [0.25, 0.3) is 0 Å². The Morgan fingerprint density at radius 1 is 1.32 bits per heavy atom. The van der Waals surface area contributed by atoms with Gasteiger partial charge < -0.3 is 14.5 Å². The molecule has 0 aromatic heterocycles. The number of nitrogens with zero attached hydrogens (tertiary/aromatic N) is 2. The standard InChI is InChI=1S/C16H22Cl2N2O2/c1-12(22-13-5-6-14(17)15(18)11-13)16(21)19(2)9-10-20-7-3-4-8-20/h5-6,11-12H,3-4,7-10H2,1-2H3. The second kappa shape index (κ2) is 8.04. The molecule has 1 unspecified atom stereocenters. The zero-order chi connectivity index (χ0) is 16.1. The van der Waals surface area contributed by atoms with Crippen LogP contribution >= 0.6 is 23.2 Å². The third-order valence-electron chi connectivity index (χ3n) is 3.88. The highest BCUT2D eigenvalue weighted by Gasteiger charge is 2.20. The van der Waals surface area contributed by atoms with E-state index in [-0.39, 0.29) is 5.91 Å². The molecular weight excluding hydrogens is 323 g/mol. The van der Waals surface area contributed by atoms with E-state index in [0.717, 1.165) is 19.6 Å². The van der Waals surface area contributed by atoms with E-state index in [1.807, 2.05) is 7.05 Å². The molecule has 2 rings (SSSR count). The number of hydrogen-bond donors (Lipinski definition) is 0. The number of carbonyl (C=O) groups is 1. The topological polar surface area (TPSA) is 32.8 Å². The maximum absolute atomic E-state index is 12.3. The molecular formula is C16H22Cl2N2O2. The summed E-state index contributed by atoms with van der Waals surface area (Å²) in [4.78, 5) is 16.4. The summed E-state index contributed by atoms with van der Waals surface area (Å²) in [7, 11) is 1.81. The molecule has 1 amide bonds. The molecule has 0 N–H and O–H groups in total. The van der Waals surface area contributed by atoms with E-state index in [9.17, 15) is 4.79 Å². The molecule has 1 aromatic rings. The van der Waals surface area contributed by atoms with Gasteiger partial charge in [-0.1, -0.05) is 23.2 Å². The maximum atomic E-state index is 12.3. The highest BCUT2D eigenvalue weighted by Crippen LogP contribution is 2.27. The molecule has 22 heavy (non-hydrogen) atoms. The first kappa shape index (κ1) is 17.4. The van der Waals surface area contributed by atoms with Crippen LogP contribution in [0.4, 0.5) is 0 Å². The molecule has 1 saturated heterocycles. The van der Waals surface area contributed by atoms with Crippen molar-refractivity contribution in [3.8, 4) is 5.75 Å². The van der Waals surface area contributed by atoms with Crippen molar-refractivity contribution in [3.63, 3.8) is 0 Å². The first-order valence-electron chi connectivity index (χ1n) is 7.56. The van der Waals surface area contributed by atoms with Gasteiger partial charge in [0, 0.05) is 26.2 Å². The van der Waals surface area contributed by atoms with E-state index < -0.39 is 6.10 Å². The minimum absolute atomic E-state index is 0.0368. The number of hydrogen-bond acceptors (Lipinski definition) is 3. The van der Waals surface area contributed by atoms with E-state index in [1.54, 1.807) is 30.0 Å². The average Bonchev–Trinajstić information content (AvgIpc) is 3.01. The summed E-state index contributed by atoms with van der Waals surface area (Å²) in [6.07, 6.45) is 1.96. The van der Waals surface area contributed by atoms with Gasteiger partial charge in [0.1, 0.15) is 5.75 Å². The molecule has 0 radical (unpaired) electrons. The molecule has 0 saturated carbocycles. The Labute approximate surface area is 141 Å². The normalized spacial score (nSPS) is 16.5. The van der Waals surface area contributed by atoms with Gasteiger partial charge in [-0.15, -0.1) is 0 Å². The SMILES string of the molecule is CC(Oc1ccc(Cl)c(Cl)c1)C(=O)N(C)CCN1CCCC1. The molecule has 1 aliphatic rings. The largest absolute Gasteiger partial charge is 0.481 e. The summed E-state index contributed by atoms with van der Waals surface area (Å²) in [6, 6.07) is 4.99. The molecule has 4 nitrogen and oxygen atoms in total. The fraction of sp³-hybridized carbons (Fsp3) is 0.562. The zero-order valence-electron chi connectivity index (χ0n) is 13.0. The summed E-state index contributed by atoms with van der Waals surface area (Å²) < 4.78 is 5.66. The summed E-state index contributed by atoms with van der Waals surface area (Å²) in [5, 5.41) is 0.886. The lowest BCUT2D eigenvalue weighted by atomic mass is 10.3. The second-order valence-electron chi connectivity index (χ2n) is 5.64. The van der Waals surface area contributed by atoms with Crippen molar-refractivity contribution in [1.82, 2.24) is 9.80 Å². The van der Waals surface area contributed by atoms with Crippen LogP contribution in [0.3, 0.4) is 0 Å². The minimum atomic E-state index is -0.555. The number of likely N-dealkylation sites (tertiary alicyclic amines) is 1. The van der Waals surface area contributed by atoms with Crippen LogP contribution in [0.5, 0.6) is 5.75 Å². The quantitative estimate of drug-likeness (QED) is 0.793. The number of ether oxygens (including phenoxy) is 1. The lowest BCUT2D eigenvalue weighted by Gasteiger charge is -2.24. The predicted octanol–water partition coefficient (Wildman–Crippen LogP) is 3.31. The first-order valence-corrected chi connectivity index (χ1v) is 8.32. The number of likely N-dealkylation sites (N-methyl/N-ethyl adjacent to an activating group) is 1. The summed E-state index contributed by atoms with van der Waals surface area (Å²) >= 11 is 11.8. The van der Waals surface area contributed by atoms with Crippen molar-refractivity contribution in [1.29, 1.82) is 0 Å². The Morgan fingerprint density at radius 2 is 2.00 bits per heavy atom. The van der Waals surface area contributed by atoms with Crippen LogP contribution in [0.1, 0.15) is 19.8 Å². The van der Waals surface area contributed by atoms with Crippen molar-refractivity contribution < 1.29 is 9.53 Å². The molecule has 0 bridgehead atoms. The summed E-state index contributed by atoms with van der Waals surface area (Å²) in [5.41, 5.74) is 0. The molecule has 1 aliphatic heterocycles. The zero-order valence-corrected chi connectivity index (χ0v) is 14.5. The van der Waals surface area contributed by atoms with Crippen molar-refractivity contribution in [2.24, 2.45) is 0 Å². The Morgan fingerprint density at radius 3 is 2.64 bits per heavy atom. The van der Waals surface area contributed by atoms with Crippen molar-refractivity contribution in [2.45, 2.75) is 25.9 Å². The van der Waals surface area contributed by atoms with E-state index in [2.05, 4.69) is 4.90 Å². The number of benzene rings is 1. The first-order chi connectivity index (χ1) is 10.5. The average molecular weight is 345 g/mol. The van der Waals surface area contributed by atoms with Gasteiger partial charge in [-0.2, -0.15) is 0 Å². The van der Waals surface area contributed by atoms with Crippen LogP contribution in [0, 0.1) is 0 Å². The van der Waals surface area contributed by atoms with Gasteiger partial charge in [0.05, 0.1) is 10.0 Å². The highest BCUT2D eigenvalue weighted by atomic mass is 35.5. The van der Waals surface area contributed by atoms with Gasteiger partial charge in [-0.3, -0.25) is 4.79 Å². The lowest BCUT2D eigenvalue weighted by Crippen LogP contribution is -2.41. The van der Waals surface area contributed by atoms with Crippen molar-refractivity contribution >= 4 is 29.1 Å². The third-order valence-corrected chi connectivity index (χ3v) is 4.62. The van der Waals surface area contributed by atoms with E-state index in [4.69, 9.17) is 27.9 Å². The molecule has 0 aliphatic carbocycles. The summed E-state index contributed by atoms with van der Waals surface area (Å²) in [5.74, 6) is 0.508. The van der Waals surface area contributed by atoms with Crippen LogP contribution in [-0.2, 0) is 4.79 Å². The number of halogens is 2. The molecule has 122 valence electrons. The van der Waals surface area contributed by atoms with Crippen LogP contribution < -0.4 is 4.74 Å². The monoisotopic (exact) mass is 344 g/mol. The van der Waals surface area contributed by atoms with Crippen molar-refractivity contribution in [2.75, 3.05) is 33.2 Å². The van der Waals surface area contributed by atoms with Crippen molar-refractivity contribution in [3.05, 3.63) is 28.2 Å². The molecule has 1 aromatic carbocycles. The van der Waals surface area contributed by atoms with Gasteiger partial charge in [0.15, 0.2) is 6.10 Å². The van der Waals surface area contributed by atoms with Crippen LogP contribution in [-0.4, -0.2) is 55.0 Å². The molecule has 1 atom stereocenters. The molecule has 1 heterocycles. The van der Waals surface area contributed by atoms with Gasteiger partial charge in [-0.05, 0) is 45.0 Å². The third kappa shape index (κ3) is 4.77. The maximum Gasteiger partial charge on any atom is 0.263 e. The second-order valence-corrected chi connectivity index (χ2v) is 6.46. The number of rotatable bonds is 6. The molecule has 6 heteroatoms. The highest BCUT2D eigenvalue weighted by molar-refractivity contribution is 6.42. The Kier molecular flexibility index (Phi) is 6.36. The van der Waals surface area contributed by atoms with Gasteiger partial charge in [0.2, 0.25) is 0 Å².